The van der Waals surface area contributed by atoms with E-state index in [0.29, 0.717) is 17.2 Å². The van der Waals surface area contributed by atoms with Gasteiger partial charge in [-0.1, -0.05) is 0 Å². The lowest BCUT2D eigenvalue weighted by Crippen LogP contribution is -2.18. The van der Waals surface area contributed by atoms with Crippen LogP contribution in [-0.2, 0) is 17.1 Å². The molecule has 1 aromatic carbocycles. The molecule has 0 radical (unpaired) electrons. The van der Waals surface area contributed by atoms with Crippen molar-refractivity contribution < 1.29 is 8.42 Å². The van der Waals surface area contributed by atoms with Crippen LogP contribution in [0.3, 0.4) is 0 Å². The molecule has 2 aromatic rings. The zero-order valence-electron chi connectivity index (χ0n) is 11.1. The molecule has 108 valence electrons. The number of nitrogens with one attached hydrogen (secondary N) is 1. The summed E-state index contributed by atoms with van der Waals surface area (Å²) in [7, 11) is -2.06. The molecular weight excluding hydrogens is 280 g/mol. The number of nitrogen functional groups attached to an aromatic ring is 1. The summed E-state index contributed by atoms with van der Waals surface area (Å²) < 4.78 is 24.9. The molecule has 0 saturated carbocycles. The summed E-state index contributed by atoms with van der Waals surface area (Å²) in [4.78, 5) is -0.0495. The highest BCUT2D eigenvalue weighted by molar-refractivity contribution is 7.89. The number of primary sulfonamides is 1. The Labute approximate surface area is 116 Å². The molecule has 1 unspecified atom stereocenters. The molecule has 20 heavy (non-hydrogen) atoms. The SMILES string of the molecule is CC(Nc1ccc(N)cc1S(N)(=O)=O)c1nncn1C. The molecule has 0 bridgehead atoms. The minimum Gasteiger partial charge on any atom is -0.399 e. The topological polar surface area (TPSA) is 129 Å². The number of rotatable bonds is 4. The van der Waals surface area contributed by atoms with Crippen LogP contribution >= 0.6 is 0 Å². The second-order valence-corrected chi connectivity index (χ2v) is 6.00. The van der Waals surface area contributed by atoms with Gasteiger partial charge < -0.3 is 15.6 Å². The lowest BCUT2D eigenvalue weighted by molar-refractivity contribution is 0.598. The van der Waals surface area contributed by atoms with E-state index in [-0.39, 0.29) is 10.9 Å². The molecule has 8 nitrogen and oxygen atoms in total. The van der Waals surface area contributed by atoms with Crippen molar-refractivity contribution in [1.82, 2.24) is 14.8 Å². The van der Waals surface area contributed by atoms with Crippen molar-refractivity contribution in [2.75, 3.05) is 11.1 Å². The Morgan fingerprint density at radius 2 is 2.10 bits per heavy atom. The number of aromatic nitrogens is 3. The van der Waals surface area contributed by atoms with Gasteiger partial charge in [0.25, 0.3) is 0 Å². The maximum atomic E-state index is 11.6. The van der Waals surface area contributed by atoms with Gasteiger partial charge in [-0.3, -0.25) is 0 Å². The van der Waals surface area contributed by atoms with Gasteiger partial charge in [0, 0.05) is 12.7 Å². The summed E-state index contributed by atoms with van der Waals surface area (Å²) in [6.45, 7) is 1.84. The number of nitrogens with two attached hydrogens (primary N) is 2. The van der Waals surface area contributed by atoms with Gasteiger partial charge >= 0.3 is 0 Å². The van der Waals surface area contributed by atoms with Crippen molar-refractivity contribution in [2.24, 2.45) is 12.2 Å². The predicted octanol–water partition coefficient (Wildman–Crippen LogP) is 0.218. The van der Waals surface area contributed by atoms with E-state index >= 15 is 0 Å². The van der Waals surface area contributed by atoms with Gasteiger partial charge in [0.05, 0.1) is 11.7 Å². The van der Waals surface area contributed by atoms with Crippen molar-refractivity contribution in [1.29, 1.82) is 0 Å². The first-order valence-electron chi connectivity index (χ1n) is 5.82. The molecule has 0 amide bonds. The van der Waals surface area contributed by atoms with Gasteiger partial charge in [-0.25, -0.2) is 13.6 Å². The summed E-state index contributed by atoms with van der Waals surface area (Å²) >= 11 is 0. The van der Waals surface area contributed by atoms with Crippen LogP contribution in [0, 0.1) is 0 Å². The number of aryl methyl sites for hydroxylation is 1. The first-order chi connectivity index (χ1) is 9.29. The molecule has 1 aromatic heterocycles. The molecule has 0 aliphatic rings. The van der Waals surface area contributed by atoms with E-state index in [1.54, 1.807) is 30.1 Å². The molecule has 1 atom stereocenters. The van der Waals surface area contributed by atoms with Crippen LogP contribution in [-0.4, -0.2) is 23.2 Å². The highest BCUT2D eigenvalue weighted by Crippen LogP contribution is 2.26. The van der Waals surface area contributed by atoms with Crippen LogP contribution in [0.25, 0.3) is 0 Å². The Morgan fingerprint density at radius 1 is 1.40 bits per heavy atom. The highest BCUT2D eigenvalue weighted by atomic mass is 32.2. The molecule has 0 aliphatic carbocycles. The average molecular weight is 296 g/mol. The van der Waals surface area contributed by atoms with Gasteiger partial charge in [0.2, 0.25) is 10.0 Å². The molecule has 2 rings (SSSR count). The molecule has 0 fully saturated rings. The second kappa shape index (κ2) is 5.10. The van der Waals surface area contributed by atoms with Crippen molar-refractivity contribution in [3.63, 3.8) is 0 Å². The third-order valence-corrected chi connectivity index (χ3v) is 3.77. The Morgan fingerprint density at radius 3 is 2.65 bits per heavy atom. The second-order valence-electron chi connectivity index (χ2n) is 4.47. The van der Waals surface area contributed by atoms with Crippen molar-refractivity contribution >= 4 is 21.4 Å². The largest absolute Gasteiger partial charge is 0.399 e. The van der Waals surface area contributed by atoms with Crippen LogP contribution < -0.4 is 16.2 Å². The Balaban J connectivity index is 2.37. The van der Waals surface area contributed by atoms with Crippen LogP contribution in [0.15, 0.2) is 29.4 Å². The molecule has 5 N–H and O–H groups in total. The van der Waals surface area contributed by atoms with Gasteiger partial charge in [-0.2, -0.15) is 0 Å². The van der Waals surface area contributed by atoms with E-state index in [1.807, 2.05) is 6.92 Å². The van der Waals surface area contributed by atoms with Crippen LogP contribution in [0.5, 0.6) is 0 Å². The third-order valence-electron chi connectivity index (χ3n) is 2.82. The molecule has 0 spiro atoms. The zero-order chi connectivity index (χ0) is 14.9. The number of benzene rings is 1. The van der Waals surface area contributed by atoms with E-state index < -0.39 is 10.0 Å². The molecule has 0 saturated heterocycles. The fourth-order valence-electron chi connectivity index (χ4n) is 1.88. The first kappa shape index (κ1) is 14.3. The van der Waals surface area contributed by atoms with Crippen LogP contribution in [0.2, 0.25) is 0 Å². The Kier molecular flexibility index (Phi) is 3.64. The van der Waals surface area contributed by atoms with E-state index in [1.165, 1.54) is 6.07 Å². The van der Waals surface area contributed by atoms with Gasteiger partial charge in [0.15, 0.2) is 5.82 Å². The molecule has 1 heterocycles. The molecule has 0 aliphatic heterocycles. The normalized spacial score (nSPS) is 13.2. The van der Waals surface area contributed by atoms with Crippen molar-refractivity contribution in [2.45, 2.75) is 17.9 Å². The monoisotopic (exact) mass is 296 g/mol. The first-order valence-corrected chi connectivity index (χ1v) is 7.36. The zero-order valence-corrected chi connectivity index (χ0v) is 11.9. The van der Waals surface area contributed by atoms with Gasteiger partial charge in [-0.05, 0) is 25.1 Å². The number of hydrogen-bond donors (Lipinski definition) is 3. The third kappa shape index (κ3) is 2.89. The summed E-state index contributed by atoms with van der Waals surface area (Å²) in [6.07, 6.45) is 1.57. The Hall–Kier alpha value is -2.13. The summed E-state index contributed by atoms with van der Waals surface area (Å²) in [5.41, 5.74) is 6.30. The fraction of sp³-hybridized carbons (Fsp3) is 0.273. The quantitative estimate of drug-likeness (QED) is 0.692. The van der Waals surface area contributed by atoms with Crippen molar-refractivity contribution in [3.8, 4) is 0 Å². The number of nitrogens with zero attached hydrogens (tertiary/aromatic N) is 3. The van der Waals surface area contributed by atoms with Crippen LogP contribution in [0.4, 0.5) is 11.4 Å². The summed E-state index contributed by atoms with van der Waals surface area (Å²) in [5, 5.41) is 16.0. The molecule has 9 heteroatoms. The lowest BCUT2D eigenvalue weighted by Gasteiger charge is -2.17. The van der Waals surface area contributed by atoms with Gasteiger partial charge in [-0.15, -0.1) is 10.2 Å². The standard InChI is InChI=1S/C11H16N6O2S/c1-7(11-16-14-6-17(11)2)15-9-4-3-8(12)5-10(9)20(13,18)19/h3-7,15H,12H2,1-2H3,(H2,13,18,19). The lowest BCUT2D eigenvalue weighted by atomic mass is 10.2. The van der Waals surface area contributed by atoms with E-state index in [2.05, 4.69) is 15.5 Å². The van der Waals surface area contributed by atoms with Crippen LogP contribution in [0.1, 0.15) is 18.8 Å². The summed E-state index contributed by atoms with van der Waals surface area (Å²) in [5.74, 6) is 0.669. The number of hydrogen-bond acceptors (Lipinski definition) is 6. The van der Waals surface area contributed by atoms with E-state index in [4.69, 9.17) is 10.9 Å². The number of sulfonamides is 1. The average Bonchev–Trinajstić information content (AvgIpc) is 2.76. The maximum Gasteiger partial charge on any atom is 0.240 e. The predicted molar refractivity (Wildman–Crippen MR) is 75.3 cm³/mol. The van der Waals surface area contributed by atoms with E-state index in [9.17, 15) is 8.42 Å². The Bertz CT molecular complexity index is 724. The van der Waals surface area contributed by atoms with Crippen molar-refractivity contribution in [3.05, 3.63) is 30.4 Å². The smallest absolute Gasteiger partial charge is 0.240 e. The van der Waals surface area contributed by atoms with Gasteiger partial charge in [0.1, 0.15) is 11.2 Å². The van der Waals surface area contributed by atoms with E-state index in [0.717, 1.165) is 0 Å². The molecular formula is C11H16N6O2S. The fourth-order valence-corrected chi connectivity index (χ4v) is 2.61. The maximum absolute atomic E-state index is 11.6. The highest BCUT2D eigenvalue weighted by Gasteiger charge is 2.18. The summed E-state index contributed by atoms with van der Waals surface area (Å²) in [6, 6.07) is 4.25. The minimum absolute atomic E-state index is 0.0495. The number of anilines is 2. The minimum atomic E-state index is -3.87.